The van der Waals surface area contributed by atoms with Crippen LogP contribution in [0.1, 0.15) is 19.3 Å². The van der Waals surface area contributed by atoms with Gasteiger partial charge in [-0.2, -0.15) is 0 Å². The van der Waals surface area contributed by atoms with Gasteiger partial charge in [-0.05, 0) is 37.3 Å². The zero-order valence-corrected chi connectivity index (χ0v) is 11.6. The molecule has 0 bridgehead atoms. The Morgan fingerprint density at radius 3 is 2.58 bits per heavy atom. The second kappa shape index (κ2) is 6.40. The lowest BCUT2D eigenvalue weighted by atomic mass is 10.0. The first kappa shape index (κ1) is 12.9. The zero-order chi connectivity index (χ0) is 12.9. The van der Waals surface area contributed by atoms with Crippen LogP contribution in [0.2, 0.25) is 0 Å². The average molecular weight is 260 g/mol. The molecular weight excluding hydrogens is 236 g/mol. The minimum Gasteiger partial charge on any atom is -0.381 e. The van der Waals surface area contributed by atoms with Crippen molar-refractivity contribution >= 4 is 5.69 Å². The monoisotopic (exact) mass is 260 g/mol. The number of para-hydroxylation sites is 1. The Morgan fingerprint density at radius 1 is 1.11 bits per heavy atom. The van der Waals surface area contributed by atoms with E-state index in [1.165, 1.54) is 38.0 Å². The standard InChI is InChI=1S/C16H24N2O/c1-2-4-16(5-3-1)18-9-6-15(7-10-18)17-12-14-8-11-19-13-14/h1-5,14-15,17H,6-13H2. The first-order chi connectivity index (χ1) is 9.42. The van der Waals surface area contributed by atoms with Crippen molar-refractivity contribution in [2.45, 2.75) is 25.3 Å². The molecule has 0 spiro atoms. The number of nitrogens with zero attached hydrogens (tertiary/aromatic N) is 1. The summed E-state index contributed by atoms with van der Waals surface area (Å²) in [6.45, 7) is 5.39. The van der Waals surface area contributed by atoms with Crippen LogP contribution in [0.3, 0.4) is 0 Å². The van der Waals surface area contributed by atoms with Gasteiger partial charge in [0.25, 0.3) is 0 Å². The lowest BCUT2D eigenvalue weighted by molar-refractivity contribution is 0.184. The molecule has 2 aliphatic rings. The number of piperidine rings is 1. The highest BCUT2D eigenvalue weighted by Crippen LogP contribution is 2.20. The second-order valence-electron chi connectivity index (χ2n) is 5.73. The number of rotatable bonds is 4. The largest absolute Gasteiger partial charge is 0.381 e. The minimum absolute atomic E-state index is 0.695. The molecule has 1 aromatic rings. The van der Waals surface area contributed by atoms with Gasteiger partial charge in [-0.3, -0.25) is 0 Å². The lowest BCUT2D eigenvalue weighted by Crippen LogP contribution is -2.44. The Morgan fingerprint density at radius 2 is 1.89 bits per heavy atom. The van der Waals surface area contributed by atoms with E-state index >= 15 is 0 Å². The Hall–Kier alpha value is -1.06. The molecule has 1 aromatic carbocycles. The van der Waals surface area contributed by atoms with Gasteiger partial charge in [0.2, 0.25) is 0 Å². The molecule has 2 heterocycles. The highest BCUT2D eigenvalue weighted by molar-refractivity contribution is 5.46. The summed E-state index contributed by atoms with van der Waals surface area (Å²) >= 11 is 0. The summed E-state index contributed by atoms with van der Waals surface area (Å²) in [5.41, 5.74) is 1.37. The van der Waals surface area contributed by atoms with Gasteiger partial charge in [-0.1, -0.05) is 18.2 Å². The van der Waals surface area contributed by atoms with Crippen LogP contribution in [0.5, 0.6) is 0 Å². The third-order valence-corrected chi connectivity index (χ3v) is 4.34. The van der Waals surface area contributed by atoms with E-state index in [0.717, 1.165) is 25.7 Å². The summed E-state index contributed by atoms with van der Waals surface area (Å²) < 4.78 is 5.42. The van der Waals surface area contributed by atoms with Gasteiger partial charge in [0, 0.05) is 38.0 Å². The van der Waals surface area contributed by atoms with Crippen LogP contribution in [-0.2, 0) is 4.74 Å². The van der Waals surface area contributed by atoms with Gasteiger partial charge in [0.15, 0.2) is 0 Å². The van der Waals surface area contributed by atoms with E-state index in [2.05, 4.69) is 40.5 Å². The molecule has 0 amide bonds. The number of anilines is 1. The molecule has 0 aromatic heterocycles. The quantitative estimate of drug-likeness (QED) is 0.899. The van der Waals surface area contributed by atoms with E-state index in [1.54, 1.807) is 0 Å². The molecule has 3 heteroatoms. The summed E-state index contributed by atoms with van der Waals surface area (Å²) in [7, 11) is 0. The summed E-state index contributed by atoms with van der Waals surface area (Å²) in [6.07, 6.45) is 3.74. The van der Waals surface area contributed by atoms with Crippen molar-refractivity contribution in [1.82, 2.24) is 5.32 Å². The van der Waals surface area contributed by atoms with Gasteiger partial charge >= 0.3 is 0 Å². The van der Waals surface area contributed by atoms with Crippen molar-refractivity contribution in [3.8, 4) is 0 Å². The number of hydrogen-bond donors (Lipinski definition) is 1. The van der Waals surface area contributed by atoms with Crippen molar-refractivity contribution in [3.63, 3.8) is 0 Å². The summed E-state index contributed by atoms with van der Waals surface area (Å²) in [6, 6.07) is 11.5. The Balaban J connectivity index is 1.42. The van der Waals surface area contributed by atoms with Crippen molar-refractivity contribution < 1.29 is 4.74 Å². The Bertz CT molecular complexity index is 368. The van der Waals surface area contributed by atoms with Crippen molar-refractivity contribution in [2.75, 3.05) is 37.7 Å². The molecule has 3 rings (SSSR count). The van der Waals surface area contributed by atoms with Crippen LogP contribution in [0.4, 0.5) is 5.69 Å². The van der Waals surface area contributed by atoms with Crippen LogP contribution in [0.25, 0.3) is 0 Å². The van der Waals surface area contributed by atoms with Crippen molar-refractivity contribution in [2.24, 2.45) is 5.92 Å². The molecule has 3 nitrogen and oxygen atoms in total. The number of hydrogen-bond acceptors (Lipinski definition) is 3. The van der Waals surface area contributed by atoms with Gasteiger partial charge in [0.05, 0.1) is 6.61 Å². The molecule has 0 aliphatic carbocycles. The smallest absolute Gasteiger partial charge is 0.0507 e. The normalized spacial score (nSPS) is 24.8. The highest BCUT2D eigenvalue weighted by atomic mass is 16.5. The maximum Gasteiger partial charge on any atom is 0.0507 e. The van der Waals surface area contributed by atoms with Crippen LogP contribution < -0.4 is 10.2 Å². The van der Waals surface area contributed by atoms with Gasteiger partial charge < -0.3 is 15.0 Å². The molecule has 104 valence electrons. The molecule has 0 radical (unpaired) electrons. The predicted octanol–water partition coefficient (Wildman–Crippen LogP) is 2.28. The Kier molecular flexibility index (Phi) is 4.36. The summed E-state index contributed by atoms with van der Waals surface area (Å²) in [5.74, 6) is 0.743. The first-order valence-electron chi connectivity index (χ1n) is 7.53. The first-order valence-corrected chi connectivity index (χ1v) is 7.53. The fourth-order valence-electron chi connectivity index (χ4n) is 3.06. The SMILES string of the molecule is c1ccc(N2CCC(NCC3CCOC3)CC2)cc1. The predicted molar refractivity (Wildman–Crippen MR) is 78.6 cm³/mol. The van der Waals surface area contributed by atoms with Gasteiger partial charge in [0.1, 0.15) is 0 Å². The molecule has 2 saturated heterocycles. The van der Waals surface area contributed by atoms with E-state index in [0.29, 0.717) is 6.04 Å². The van der Waals surface area contributed by atoms with Crippen molar-refractivity contribution in [3.05, 3.63) is 30.3 Å². The molecule has 1 atom stereocenters. The fraction of sp³-hybridized carbons (Fsp3) is 0.625. The van der Waals surface area contributed by atoms with Crippen LogP contribution in [0, 0.1) is 5.92 Å². The molecule has 1 N–H and O–H groups in total. The maximum absolute atomic E-state index is 5.42. The van der Waals surface area contributed by atoms with Gasteiger partial charge in [-0.15, -0.1) is 0 Å². The van der Waals surface area contributed by atoms with Crippen LogP contribution in [-0.4, -0.2) is 38.9 Å². The van der Waals surface area contributed by atoms with Crippen molar-refractivity contribution in [1.29, 1.82) is 0 Å². The maximum atomic E-state index is 5.42. The van der Waals surface area contributed by atoms with Crippen LogP contribution in [0.15, 0.2) is 30.3 Å². The number of nitrogens with one attached hydrogen (secondary N) is 1. The molecule has 2 aliphatic heterocycles. The number of ether oxygens (including phenoxy) is 1. The van der Waals surface area contributed by atoms with E-state index in [-0.39, 0.29) is 0 Å². The van der Waals surface area contributed by atoms with E-state index in [4.69, 9.17) is 4.74 Å². The van der Waals surface area contributed by atoms with Gasteiger partial charge in [-0.25, -0.2) is 0 Å². The second-order valence-corrected chi connectivity index (χ2v) is 5.73. The topological polar surface area (TPSA) is 24.5 Å². The summed E-state index contributed by atoms with van der Waals surface area (Å²) in [5, 5.41) is 3.73. The fourth-order valence-corrected chi connectivity index (χ4v) is 3.06. The lowest BCUT2D eigenvalue weighted by Gasteiger charge is -2.34. The molecular formula is C16H24N2O. The van der Waals surface area contributed by atoms with Crippen LogP contribution >= 0.6 is 0 Å². The third-order valence-electron chi connectivity index (χ3n) is 4.34. The average Bonchev–Trinajstić information content (AvgIpc) is 3.00. The summed E-state index contributed by atoms with van der Waals surface area (Å²) in [4.78, 5) is 2.50. The molecule has 1 unspecified atom stereocenters. The van der Waals surface area contributed by atoms with E-state index < -0.39 is 0 Å². The zero-order valence-electron chi connectivity index (χ0n) is 11.6. The molecule has 0 saturated carbocycles. The van der Waals surface area contributed by atoms with E-state index in [1.807, 2.05) is 0 Å². The molecule has 2 fully saturated rings. The molecule has 19 heavy (non-hydrogen) atoms. The number of benzene rings is 1. The highest BCUT2D eigenvalue weighted by Gasteiger charge is 2.21. The minimum atomic E-state index is 0.695. The Labute approximate surface area is 115 Å². The third kappa shape index (κ3) is 3.48. The van der Waals surface area contributed by atoms with E-state index in [9.17, 15) is 0 Å².